The summed E-state index contributed by atoms with van der Waals surface area (Å²) in [6.45, 7) is 2.01. The van der Waals surface area contributed by atoms with Crippen molar-refractivity contribution in [1.29, 1.82) is 5.26 Å². The van der Waals surface area contributed by atoms with Gasteiger partial charge in [0.1, 0.15) is 11.7 Å². The van der Waals surface area contributed by atoms with Gasteiger partial charge in [0.25, 0.3) is 0 Å². The van der Waals surface area contributed by atoms with Crippen LogP contribution < -0.4 is 0 Å². The first-order valence-corrected chi connectivity index (χ1v) is 7.31. The lowest BCUT2D eigenvalue weighted by Gasteiger charge is -2.01. The molecule has 0 aliphatic carbocycles. The predicted octanol–water partition coefficient (Wildman–Crippen LogP) is 4.02. The van der Waals surface area contributed by atoms with Crippen molar-refractivity contribution >= 4 is 32.6 Å². The van der Waals surface area contributed by atoms with E-state index in [2.05, 4.69) is 39.2 Å². The fourth-order valence-electron chi connectivity index (χ4n) is 2.48. The van der Waals surface area contributed by atoms with Gasteiger partial charge in [0.05, 0.1) is 20.8 Å². The van der Waals surface area contributed by atoms with E-state index in [1.165, 1.54) is 4.70 Å². The summed E-state index contributed by atoms with van der Waals surface area (Å²) < 4.78 is 1.18. The van der Waals surface area contributed by atoms with E-state index in [0.717, 1.165) is 32.7 Å². The largest absolute Gasteiger partial charge is 0.345 e. The number of aromatic nitrogens is 3. The van der Waals surface area contributed by atoms with E-state index >= 15 is 0 Å². The summed E-state index contributed by atoms with van der Waals surface area (Å²) in [5.74, 6) is 0. The number of fused-ring (bicyclic) bond motifs is 2. The lowest BCUT2D eigenvalue weighted by molar-refractivity contribution is 1.32. The van der Waals surface area contributed by atoms with E-state index < -0.39 is 0 Å². The summed E-state index contributed by atoms with van der Waals surface area (Å²) in [6, 6.07) is 10.4. The molecule has 4 aromatic rings. The van der Waals surface area contributed by atoms with Gasteiger partial charge in [-0.15, -0.1) is 11.3 Å². The van der Waals surface area contributed by atoms with Crippen molar-refractivity contribution in [2.75, 3.05) is 0 Å². The molecule has 4 nitrogen and oxygen atoms in total. The Labute approximate surface area is 124 Å². The van der Waals surface area contributed by atoms with Crippen LogP contribution in [0.25, 0.3) is 32.4 Å². The zero-order chi connectivity index (χ0) is 14.4. The van der Waals surface area contributed by atoms with Gasteiger partial charge < -0.3 is 4.98 Å². The Morgan fingerprint density at radius 2 is 2.14 bits per heavy atom. The topological polar surface area (TPSA) is 65.4 Å². The van der Waals surface area contributed by atoms with E-state index in [-0.39, 0.29) is 0 Å². The number of pyridine rings is 1. The third-order valence-corrected chi connectivity index (χ3v) is 4.43. The van der Waals surface area contributed by atoms with Crippen molar-refractivity contribution < 1.29 is 0 Å². The van der Waals surface area contributed by atoms with Crippen LogP contribution in [0.3, 0.4) is 0 Å². The zero-order valence-electron chi connectivity index (χ0n) is 11.2. The highest BCUT2D eigenvalue weighted by Crippen LogP contribution is 2.29. The smallest absolute Gasteiger partial charge is 0.138 e. The molecule has 3 heterocycles. The zero-order valence-corrected chi connectivity index (χ0v) is 12.0. The van der Waals surface area contributed by atoms with E-state index in [0.29, 0.717) is 5.56 Å². The lowest BCUT2D eigenvalue weighted by Crippen LogP contribution is -1.83. The van der Waals surface area contributed by atoms with Crippen molar-refractivity contribution in [3.05, 3.63) is 47.2 Å². The number of thiazole rings is 1. The van der Waals surface area contributed by atoms with E-state index in [4.69, 9.17) is 5.26 Å². The molecule has 21 heavy (non-hydrogen) atoms. The van der Waals surface area contributed by atoms with Crippen molar-refractivity contribution in [2.24, 2.45) is 0 Å². The monoisotopic (exact) mass is 290 g/mol. The molecule has 3 aromatic heterocycles. The second-order valence-electron chi connectivity index (χ2n) is 4.85. The van der Waals surface area contributed by atoms with Gasteiger partial charge in [-0.3, -0.25) is 0 Å². The molecule has 0 atom stereocenters. The SMILES string of the molecule is Cc1nc2cc(-c3cnc4[nH]cc(C#N)c4c3)ccc2s1. The minimum Gasteiger partial charge on any atom is -0.345 e. The highest BCUT2D eigenvalue weighted by molar-refractivity contribution is 7.18. The normalized spacial score (nSPS) is 11.0. The van der Waals surface area contributed by atoms with Crippen molar-refractivity contribution in [2.45, 2.75) is 6.92 Å². The van der Waals surface area contributed by atoms with Crippen molar-refractivity contribution in [3.63, 3.8) is 0 Å². The number of nitrogens with zero attached hydrogens (tertiary/aromatic N) is 3. The van der Waals surface area contributed by atoms with Gasteiger partial charge in [0.15, 0.2) is 0 Å². The highest BCUT2D eigenvalue weighted by atomic mass is 32.1. The number of benzene rings is 1. The van der Waals surface area contributed by atoms with Gasteiger partial charge in [0.2, 0.25) is 0 Å². The molecule has 5 heteroatoms. The molecule has 0 amide bonds. The molecule has 4 rings (SSSR count). The molecule has 100 valence electrons. The number of H-pyrrole nitrogens is 1. The molecular weight excluding hydrogens is 280 g/mol. The van der Waals surface area contributed by atoms with Gasteiger partial charge >= 0.3 is 0 Å². The number of nitriles is 1. The van der Waals surface area contributed by atoms with Crippen LogP contribution in [0.4, 0.5) is 0 Å². The summed E-state index contributed by atoms with van der Waals surface area (Å²) >= 11 is 1.69. The first-order valence-electron chi connectivity index (χ1n) is 6.49. The lowest BCUT2D eigenvalue weighted by atomic mass is 10.1. The molecule has 0 fully saturated rings. The van der Waals surface area contributed by atoms with Crippen LogP contribution in [0.1, 0.15) is 10.6 Å². The minimum absolute atomic E-state index is 0.616. The number of rotatable bonds is 1. The Bertz CT molecular complexity index is 1020. The van der Waals surface area contributed by atoms with Crippen molar-refractivity contribution in [3.8, 4) is 17.2 Å². The summed E-state index contributed by atoms with van der Waals surface area (Å²) in [4.78, 5) is 11.9. The highest BCUT2D eigenvalue weighted by Gasteiger charge is 2.08. The molecule has 0 unspecified atom stereocenters. The van der Waals surface area contributed by atoms with Crippen LogP contribution in [0.2, 0.25) is 0 Å². The van der Waals surface area contributed by atoms with Crippen LogP contribution in [0, 0.1) is 18.3 Å². The average Bonchev–Trinajstić information content (AvgIpc) is 3.07. The fraction of sp³-hybridized carbons (Fsp3) is 0.0625. The Morgan fingerprint density at radius 1 is 1.24 bits per heavy atom. The second kappa shape index (κ2) is 4.40. The molecule has 0 aliphatic rings. The molecule has 0 saturated carbocycles. The Morgan fingerprint density at radius 3 is 3.00 bits per heavy atom. The van der Waals surface area contributed by atoms with Gasteiger partial charge in [-0.1, -0.05) is 6.07 Å². The molecule has 0 spiro atoms. The number of nitrogens with one attached hydrogen (secondary N) is 1. The molecule has 0 saturated heterocycles. The van der Waals surface area contributed by atoms with Gasteiger partial charge in [-0.2, -0.15) is 5.26 Å². The quantitative estimate of drug-likeness (QED) is 0.576. The first-order chi connectivity index (χ1) is 10.2. The minimum atomic E-state index is 0.616. The maximum absolute atomic E-state index is 9.12. The molecule has 1 aromatic carbocycles. The summed E-state index contributed by atoms with van der Waals surface area (Å²) in [7, 11) is 0. The number of aryl methyl sites for hydroxylation is 1. The molecular formula is C16H10N4S. The summed E-state index contributed by atoms with van der Waals surface area (Å²) in [5.41, 5.74) is 4.41. The van der Waals surface area contributed by atoms with E-state index in [1.807, 2.05) is 19.2 Å². The van der Waals surface area contributed by atoms with Gasteiger partial charge in [-0.05, 0) is 30.7 Å². The first kappa shape index (κ1) is 12.1. The maximum Gasteiger partial charge on any atom is 0.138 e. The van der Waals surface area contributed by atoms with Gasteiger partial charge in [-0.25, -0.2) is 9.97 Å². The molecule has 0 radical (unpaired) electrons. The fourth-order valence-corrected chi connectivity index (χ4v) is 3.28. The third kappa shape index (κ3) is 1.89. The van der Waals surface area contributed by atoms with Crippen LogP contribution in [0.5, 0.6) is 0 Å². The van der Waals surface area contributed by atoms with E-state index in [9.17, 15) is 0 Å². The number of hydrogen-bond donors (Lipinski definition) is 1. The van der Waals surface area contributed by atoms with Crippen LogP contribution in [-0.4, -0.2) is 15.0 Å². The molecule has 0 aliphatic heterocycles. The van der Waals surface area contributed by atoms with Crippen LogP contribution in [0.15, 0.2) is 36.7 Å². The average molecular weight is 290 g/mol. The Hall–Kier alpha value is -2.71. The predicted molar refractivity (Wildman–Crippen MR) is 84.2 cm³/mol. The molecule has 1 N–H and O–H groups in total. The maximum atomic E-state index is 9.12. The third-order valence-electron chi connectivity index (χ3n) is 3.48. The van der Waals surface area contributed by atoms with Gasteiger partial charge in [0, 0.05) is 23.3 Å². The number of aromatic amines is 1. The van der Waals surface area contributed by atoms with Crippen LogP contribution >= 0.6 is 11.3 Å². The Balaban J connectivity index is 1.92. The standard InChI is InChI=1S/C16H10N4S/c1-9-20-14-5-10(2-3-15(14)21-9)11-4-13-12(6-17)8-19-16(13)18-7-11/h2-5,7-8H,1H3,(H,18,19). The molecule has 0 bridgehead atoms. The van der Waals surface area contributed by atoms with Crippen LogP contribution in [-0.2, 0) is 0 Å². The number of hydrogen-bond acceptors (Lipinski definition) is 4. The summed E-state index contributed by atoms with van der Waals surface area (Å²) in [6.07, 6.45) is 3.51. The van der Waals surface area contributed by atoms with E-state index in [1.54, 1.807) is 17.5 Å². The summed E-state index contributed by atoms with van der Waals surface area (Å²) in [5, 5.41) is 11.0. The van der Waals surface area contributed by atoms with Crippen molar-refractivity contribution in [1.82, 2.24) is 15.0 Å². The second-order valence-corrected chi connectivity index (χ2v) is 6.08. The Kier molecular flexibility index (Phi) is 2.53.